The molecule has 2 rings (SSSR count). The summed E-state index contributed by atoms with van der Waals surface area (Å²) in [6.45, 7) is 1.12. The lowest BCUT2D eigenvalue weighted by molar-refractivity contribution is -0.885. The number of rotatable bonds is 7. The number of carbonyl (C=O) groups excluding carboxylic acids is 1. The number of hydrogen-bond donors (Lipinski definition) is 2. The summed E-state index contributed by atoms with van der Waals surface area (Å²) in [5.74, 6) is 1.40. The number of benzene rings is 2. The maximum absolute atomic E-state index is 12.1. The van der Waals surface area contributed by atoms with Gasteiger partial charge in [-0.05, 0) is 30.3 Å². The monoisotopic (exact) mass is 315 g/mol. The highest BCUT2D eigenvalue weighted by molar-refractivity contribution is 5.91. The van der Waals surface area contributed by atoms with E-state index in [1.807, 2.05) is 55.6 Å². The fraction of sp³-hybridized carbons (Fsp3) is 0.278. The molecule has 2 aromatic carbocycles. The molecule has 0 aliphatic rings. The molecule has 1 amide bonds. The van der Waals surface area contributed by atoms with Gasteiger partial charge >= 0.3 is 0 Å². The largest absolute Gasteiger partial charge is 0.493 e. The summed E-state index contributed by atoms with van der Waals surface area (Å²) in [6.07, 6.45) is 0. The number of amides is 1. The number of carbonyl (C=O) groups is 1. The van der Waals surface area contributed by atoms with E-state index in [0.717, 1.165) is 22.7 Å². The zero-order valence-electron chi connectivity index (χ0n) is 13.8. The molecule has 0 aliphatic carbocycles. The molecule has 0 saturated carbocycles. The van der Waals surface area contributed by atoms with Gasteiger partial charge in [0.1, 0.15) is 6.54 Å². The summed E-state index contributed by atoms with van der Waals surface area (Å²) < 4.78 is 10.5. The van der Waals surface area contributed by atoms with Crippen molar-refractivity contribution < 1.29 is 19.2 Å². The van der Waals surface area contributed by atoms with E-state index in [9.17, 15) is 4.79 Å². The van der Waals surface area contributed by atoms with Gasteiger partial charge in [0.2, 0.25) is 0 Å². The van der Waals surface area contributed by atoms with Crippen molar-refractivity contribution >= 4 is 11.6 Å². The second kappa shape index (κ2) is 8.19. The molecule has 0 aliphatic heterocycles. The van der Waals surface area contributed by atoms with E-state index >= 15 is 0 Å². The first-order valence-corrected chi connectivity index (χ1v) is 7.49. The lowest BCUT2D eigenvalue weighted by Gasteiger charge is -2.15. The molecule has 0 radical (unpaired) electrons. The minimum absolute atomic E-state index is 0.00539. The Balaban J connectivity index is 1.91. The highest BCUT2D eigenvalue weighted by atomic mass is 16.5. The lowest BCUT2D eigenvalue weighted by Crippen LogP contribution is -3.08. The number of ether oxygens (including phenoxy) is 2. The number of anilines is 1. The molecule has 1 atom stereocenters. The minimum atomic E-state index is -0.00539. The predicted molar refractivity (Wildman–Crippen MR) is 90.1 cm³/mol. The molecule has 5 heteroatoms. The SMILES string of the molecule is COc1ccc(C[NH+](C)CC(=O)Nc2ccccc2)cc1OC. The summed E-state index contributed by atoms with van der Waals surface area (Å²) in [4.78, 5) is 13.1. The number of nitrogens with one attached hydrogen (secondary N) is 2. The summed E-state index contributed by atoms with van der Waals surface area (Å²) in [5, 5.41) is 2.89. The van der Waals surface area contributed by atoms with Crippen LogP contribution in [0.3, 0.4) is 0 Å². The minimum Gasteiger partial charge on any atom is -0.493 e. The highest BCUT2D eigenvalue weighted by Crippen LogP contribution is 2.27. The summed E-state index contributed by atoms with van der Waals surface area (Å²) in [5.41, 5.74) is 1.91. The molecule has 23 heavy (non-hydrogen) atoms. The lowest BCUT2D eigenvalue weighted by atomic mass is 10.2. The average molecular weight is 315 g/mol. The van der Waals surface area contributed by atoms with E-state index in [1.165, 1.54) is 0 Å². The third-order valence-electron chi connectivity index (χ3n) is 3.47. The number of quaternary nitrogens is 1. The van der Waals surface area contributed by atoms with Gasteiger partial charge in [-0.15, -0.1) is 0 Å². The van der Waals surface area contributed by atoms with Crippen LogP contribution in [0.1, 0.15) is 5.56 Å². The predicted octanol–water partition coefficient (Wildman–Crippen LogP) is 1.36. The molecule has 1 unspecified atom stereocenters. The van der Waals surface area contributed by atoms with Crippen molar-refractivity contribution in [2.75, 3.05) is 33.1 Å². The molecule has 5 nitrogen and oxygen atoms in total. The second-order valence-corrected chi connectivity index (χ2v) is 5.41. The molecule has 122 valence electrons. The zero-order chi connectivity index (χ0) is 16.7. The van der Waals surface area contributed by atoms with E-state index in [4.69, 9.17) is 9.47 Å². The van der Waals surface area contributed by atoms with Gasteiger partial charge in [-0.1, -0.05) is 18.2 Å². The number of hydrogen-bond acceptors (Lipinski definition) is 3. The normalized spacial score (nSPS) is 11.6. The number of para-hydroxylation sites is 1. The molecule has 0 heterocycles. The molecule has 0 bridgehead atoms. The van der Waals surface area contributed by atoms with Crippen LogP contribution < -0.4 is 19.7 Å². The fourth-order valence-electron chi connectivity index (χ4n) is 2.40. The van der Waals surface area contributed by atoms with Crippen molar-refractivity contribution in [3.05, 3.63) is 54.1 Å². The molecule has 0 spiro atoms. The van der Waals surface area contributed by atoms with Crippen molar-refractivity contribution in [3.8, 4) is 11.5 Å². The Labute approximate surface area is 136 Å². The van der Waals surface area contributed by atoms with Crippen LogP contribution in [0.15, 0.2) is 48.5 Å². The third-order valence-corrected chi connectivity index (χ3v) is 3.47. The van der Waals surface area contributed by atoms with Gasteiger partial charge in [-0.25, -0.2) is 0 Å². The van der Waals surface area contributed by atoms with Crippen molar-refractivity contribution in [1.82, 2.24) is 0 Å². The van der Waals surface area contributed by atoms with Crippen LogP contribution >= 0.6 is 0 Å². The molecule has 2 N–H and O–H groups in total. The average Bonchev–Trinajstić information content (AvgIpc) is 2.55. The first-order valence-electron chi connectivity index (χ1n) is 7.49. The van der Waals surface area contributed by atoms with Crippen LogP contribution in [0.4, 0.5) is 5.69 Å². The van der Waals surface area contributed by atoms with Gasteiger partial charge in [0.15, 0.2) is 18.0 Å². The van der Waals surface area contributed by atoms with E-state index in [-0.39, 0.29) is 5.91 Å². The summed E-state index contributed by atoms with van der Waals surface area (Å²) in [7, 11) is 5.22. The van der Waals surface area contributed by atoms with Crippen molar-refractivity contribution in [2.45, 2.75) is 6.54 Å². The number of methoxy groups -OCH3 is 2. The Kier molecular flexibility index (Phi) is 6.00. The van der Waals surface area contributed by atoms with Crippen molar-refractivity contribution in [2.24, 2.45) is 0 Å². The molecular formula is C18H23N2O3+. The van der Waals surface area contributed by atoms with Crippen molar-refractivity contribution in [3.63, 3.8) is 0 Å². The van der Waals surface area contributed by atoms with Crippen LogP contribution in [0, 0.1) is 0 Å². The molecule has 0 saturated heterocycles. The fourth-order valence-corrected chi connectivity index (χ4v) is 2.40. The van der Waals surface area contributed by atoms with Gasteiger partial charge < -0.3 is 19.7 Å². The Morgan fingerprint density at radius 3 is 2.39 bits per heavy atom. The third kappa shape index (κ3) is 5.00. The van der Waals surface area contributed by atoms with Gasteiger partial charge in [0.05, 0.1) is 21.3 Å². The first-order chi connectivity index (χ1) is 11.1. The molecule has 0 fully saturated rings. The smallest absolute Gasteiger partial charge is 0.279 e. The highest BCUT2D eigenvalue weighted by Gasteiger charge is 2.12. The van der Waals surface area contributed by atoms with Gasteiger partial charge in [0, 0.05) is 11.3 Å². The maximum atomic E-state index is 12.1. The second-order valence-electron chi connectivity index (χ2n) is 5.41. The van der Waals surface area contributed by atoms with E-state index in [0.29, 0.717) is 18.0 Å². The number of likely N-dealkylation sites (N-methyl/N-ethyl adjacent to an activating group) is 1. The zero-order valence-corrected chi connectivity index (χ0v) is 13.8. The molecule has 0 aromatic heterocycles. The molecular weight excluding hydrogens is 292 g/mol. The van der Waals surface area contributed by atoms with Crippen LogP contribution in [0.2, 0.25) is 0 Å². The summed E-state index contributed by atoms with van der Waals surface area (Å²) >= 11 is 0. The topological polar surface area (TPSA) is 52.0 Å². The van der Waals surface area contributed by atoms with E-state index < -0.39 is 0 Å². The van der Waals surface area contributed by atoms with Gasteiger partial charge in [0.25, 0.3) is 5.91 Å². The van der Waals surface area contributed by atoms with Gasteiger partial charge in [-0.2, -0.15) is 0 Å². The van der Waals surface area contributed by atoms with Crippen LogP contribution in [-0.4, -0.2) is 33.7 Å². The van der Waals surface area contributed by atoms with Gasteiger partial charge in [-0.3, -0.25) is 4.79 Å². The Morgan fingerprint density at radius 1 is 1.04 bits per heavy atom. The first kappa shape index (κ1) is 16.8. The van der Waals surface area contributed by atoms with E-state index in [1.54, 1.807) is 14.2 Å². The van der Waals surface area contributed by atoms with Crippen LogP contribution in [0.5, 0.6) is 11.5 Å². The molecule has 2 aromatic rings. The Bertz CT molecular complexity index is 644. The van der Waals surface area contributed by atoms with Crippen LogP contribution in [0.25, 0.3) is 0 Å². The Morgan fingerprint density at radius 2 is 1.74 bits per heavy atom. The van der Waals surface area contributed by atoms with E-state index in [2.05, 4.69) is 5.32 Å². The maximum Gasteiger partial charge on any atom is 0.279 e. The van der Waals surface area contributed by atoms with Crippen molar-refractivity contribution in [1.29, 1.82) is 0 Å². The quantitative estimate of drug-likeness (QED) is 0.811. The summed E-state index contributed by atoms with van der Waals surface area (Å²) in [6, 6.07) is 15.3. The standard InChI is InChI=1S/C18H22N2O3/c1-20(13-18(21)19-15-7-5-4-6-8-15)12-14-9-10-16(22-2)17(11-14)23-3/h4-11H,12-13H2,1-3H3,(H,19,21)/p+1. The van der Waals surface area contributed by atoms with Crippen LogP contribution in [-0.2, 0) is 11.3 Å². The Hall–Kier alpha value is -2.53.